The van der Waals surface area contributed by atoms with Crippen molar-refractivity contribution in [2.75, 3.05) is 0 Å². The number of ether oxygens (including phenoxy) is 1. The first-order valence-electron chi connectivity index (χ1n) is 14.1. The summed E-state index contributed by atoms with van der Waals surface area (Å²) in [6.45, 7) is 13.7. The molecular formula is C32H45N3O4. The van der Waals surface area contributed by atoms with Crippen molar-refractivity contribution in [1.29, 1.82) is 0 Å². The molecule has 0 aliphatic heterocycles. The average Bonchev–Trinajstić information content (AvgIpc) is 2.81. The van der Waals surface area contributed by atoms with Gasteiger partial charge < -0.3 is 20.3 Å². The minimum Gasteiger partial charge on any atom is -0.444 e. The SMILES string of the molecule is Cc1cccc(C)c1C(C(=O)NCc1ccccc1)N(C(=O)C(CC(C)C)NC(=O)OC(C)(C)C)C1CCC1. The highest BCUT2D eigenvalue weighted by atomic mass is 16.6. The van der Waals surface area contributed by atoms with Crippen LogP contribution in [0.1, 0.15) is 88.6 Å². The number of carbonyl (C=O) groups excluding carboxylic acids is 3. The van der Waals surface area contributed by atoms with E-state index in [9.17, 15) is 14.4 Å². The molecule has 3 rings (SSSR count). The predicted octanol–water partition coefficient (Wildman–Crippen LogP) is 5.98. The van der Waals surface area contributed by atoms with Crippen molar-refractivity contribution in [3.05, 3.63) is 70.8 Å². The molecule has 2 N–H and O–H groups in total. The topological polar surface area (TPSA) is 87.7 Å². The molecule has 1 aliphatic carbocycles. The lowest BCUT2D eigenvalue weighted by Crippen LogP contribution is -2.58. The van der Waals surface area contributed by atoms with Gasteiger partial charge in [-0.3, -0.25) is 9.59 Å². The van der Waals surface area contributed by atoms with Gasteiger partial charge in [0.15, 0.2) is 0 Å². The van der Waals surface area contributed by atoms with Crippen LogP contribution < -0.4 is 10.6 Å². The van der Waals surface area contributed by atoms with Gasteiger partial charge in [-0.2, -0.15) is 0 Å². The average molecular weight is 536 g/mol. The summed E-state index contributed by atoms with van der Waals surface area (Å²) in [5.74, 6) is -0.332. The number of alkyl carbamates (subject to hydrolysis) is 1. The molecule has 1 aliphatic rings. The Kier molecular flexibility index (Phi) is 10.2. The minimum absolute atomic E-state index is 0.0842. The number of aryl methyl sites for hydroxylation is 2. The smallest absolute Gasteiger partial charge is 0.408 e. The molecule has 212 valence electrons. The van der Waals surface area contributed by atoms with Gasteiger partial charge in [-0.1, -0.05) is 62.4 Å². The van der Waals surface area contributed by atoms with E-state index in [0.717, 1.165) is 41.5 Å². The lowest BCUT2D eigenvalue weighted by atomic mass is 9.85. The molecule has 0 heterocycles. The van der Waals surface area contributed by atoms with E-state index in [4.69, 9.17) is 4.74 Å². The number of nitrogens with zero attached hydrogens (tertiary/aromatic N) is 1. The first-order chi connectivity index (χ1) is 18.4. The van der Waals surface area contributed by atoms with Crippen LogP contribution in [0.3, 0.4) is 0 Å². The van der Waals surface area contributed by atoms with Crippen LogP contribution >= 0.6 is 0 Å². The summed E-state index contributed by atoms with van der Waals surface area (Å²) in [7, 11) is 0. The molecule has 2 atom stereocenters. The van der Waals surface area contributed by atoms with Crippen molar-refractivity contribution in [3.8, 4) is 0 Å². The van der Waals surface area contributed by atoms with Gasteiger partial charge in [0.25, 0.3) is 0 Å². The molecule has 39 heavy (non-hydrogen) atoms. The zero-order valence-corrected chi connectivity index (χ0v) is 24.5. The lowest BCUT2D eigenvalue weighted by molar-refractivity contribution is -0.147. The van der Waals surface area contributed by atoms with Gasteiger partial charge in [-0.05, 0) is 88.5 Å². The number of rotatable bonds is 10. The molecule has 2 unspecified atom stereocenters. The van der Waals surface area contributed by atoms with Crippen LogP contribution in [0.15, 0.2) is 48.5 Å². The van der Waals surface area contributed by atoms with Gasteiger partial charge in [0.05, 0.1) is 0 Å². The Morgan fingerprint density at radius 3 is 2.10 bits per heavy atom. The molecule has 0 aromatic heterocycles. The molecular weight excluding hydrogens is 490 g/mol. The standard InChI is InChI=1S/C32H45N3O4/c1-21(2)19-26(34-31(38)39-32(5,6)7)30(37)35(25-17-12-18-25)28(27-22(3)13-11-14-23(27)4)29(36)33-20-24-15-9-8-10-16-24/h8-11,13-16,21,25-26,28H,12,17-20H2,1-7H3,(H,33,36)(H,34,38). The monoisotopic (exact) mass is 535 g/mol. The summed E-state index contributed by atoms with van der Waals surface area (Å²) in [5, 5.41) is 5.93. The lowest BCUT2D eigenvalue weighted by Gasteiger charge is -2.44. The number of hydrogen-bond donors (Lipinski definition) is 2. The van der Waals surface area contributed by atoms with Gasteiger partial charge in [0, 0.05) is 12.6 Å². The Balaban J connectivity index is 2.02. The number of amides is 3. The molecule has 1 saturated carbocycles. The number of carbonyl (C=O) groups is 3. The van der Waals surface area contributed by atoms with Crippen LogP contribution in [0.5, 0.6) is 0 Å². The van der Waals surface area contributed by atoms with E-state index in [1.807, 2.05) is 76.2 Å². The number of hydrogen-bond acceptors (Lipinski definition) is 4. The van der Waals surface area contributed by atoms with Crippen LogP contribution in [-0.2, 0) is 20.9 Å². The maximum absolute atomic E-state index is 14.4. The third-order valence-electron chi connectivity index (χ3n) is 7.07. The molecule has 2 aromatic rings. The predicted molar refractivity (Wildman–Crippen MR) is 154 cm³/mol. The van der Waals surface area contributed by atoms with Crippen molar-refractivity contribution in [2.24, 2.45) is 5.92 Å². The Hall–Kier alpha value is -3.35. The van der Waals surface area contributed by atoms with E-state index in [1.54, 1.807) is 25.7 Å². The van der Waals surface area contributed by atoms with Crippen molar-refractivity contribution in [1.82, 2.24) is 15.5 Å². The maximum atomic E-state index is 14.4. The Morgan fingerprint density at radius 1 is 0.974 bits per heavy atom. The van der Waals surface area contributed by atoms with Gasteiger partial charge in [0.1, 0.15) is 17.7 Å². The van der Waals surface area contributed by atoms with Crippen LogP contribution in [0.4, 0.5) is 4.79 Å². The maximum Gasteiger partial charge on any atom is 0.408 e. The second kappa shape index (κ2) is 13.1. The van der Waals surface area contributed by atoms with E-state index >= 15 is 0 Å². The number of benzene rings is 2. The summed E-state index contributed by atoms with van der Waals surface area (Å²) < 4.78 is 5.50. The second-order valence-corrected chi connectivity index (χ2v) is 12.1. The third kappa shape index (κ3) is 8.32. The summed E-state index contributed by atoms with van der Waals surface area (Å²) in [5.41, 5.74) is 3.03. The highest BCUT2D eigenvalue weighted by Crippen LogP contribution is 2.36. The van der Waals surface area contributed by atoms with E-state index < -0.39 is 23.8 Å². The van der Waals surface area contributed by atoms with E-state index in [1.165, 1.54) is 0 Å². The fourth-order valence-electron chi connectivity index (χ4n) is 5.04. The Morgan fingerprint density at radius 2 is 1.59 bits per heavy atom. The molecule has 0 saturated heterocycles. The van der Waals surface area contributed by atoms with Gasteiger partial charge in [0.2, 0.25) is 11.8 Å². The first kappa shape index (κ1) is 30.2. The van der Waals surface area contributed by atoms with Gasteiger partial charge >= 0.3 is 6.09 Å². The third-order valence-corrected chi connectivity index (χ3v) is 7.07. The van der Waals surface area contributed by atoms with Gasteiger partial charge in [-0.25, -0.2) is 4.79 Å². The van der Waals surface area contributed by atoms with Gasteiger partial charge in [-0.15, -0.1) is 0 Å². The molecule has 7 nitrogen and oxygen atoms in total. The number of nitrogens with one attached hydrogen (secondary N) is 2. The highest BCUT2D eigenvalue weighted by Gasteiger charge is 2.43. The Labute approximate surface area is 233 Å². The first-order valence-corrected chi connectivity index (χ1v) is 14.1. The summed E-state index contributed by atoms with van der Waals surface area (Å²) in [6.07, 6.45) is 2.44. The van der Waals surface area contributed by atoms with Crippen LogP contribution in [0.25, 0.3) is 0 Å². The Bertz CT molecular complexity index is 1120. The minimum atomic E-state index is -0.817. The largest absolute Gasteiger partial charge is 0.444 e. The summed E-state index contributed by atoms with van der Waals surface area (Å²) >= 11 is 0. The van der Waals surface area contributed by atoms with Crippen LogP contribution in [0, 0.1) is 19.8 Å². The summed E-state index contributed by atoms with van der Waals surface area (Å²) in [6, 6.07) is 14.0. The molecule has 1 fully saturated rings. The van der Waals surface area contributed by atoms with Crippen molar-refractivity contribution >= 4 is 17.9 Å². The highest BCUT2D eigenvalue weighted by molar-refractivity contribution is 5.93. The molecule has 0 bridgehead atoms. The molecule has 0 radical (unpaired) electrons. The van der Waals surface area contributed by atoms with Crippen LogP contribution in [0.2, 0.25) is 0 Å². The molecule has 7 heteroatoms. The zero-order chi connectivity index (χ0) is 28.7. The zero-order valence-electron chi connectivity index (χ0n) is 24.5. The summed E-state index contributed by atoms with van der Waals surface area (Å²) in [4.78, 5) is 43.0. The van der Waals surface area contributed by atoms with Crippen molar-refractivity contribution in [2.45, 2.75) is 104 Å². The molecule has 3 amide bonds. The molecule has 2 aromatic carbocycles. The van der Waals surface area contributed by atoms with E-state index in [0.29, 0.717) is 13.0 Å². The molecule has 0 spiro atoms. The van der Waals surface area contributed by atoms with Crippen molar-refractivity contribution < 1.29 is 19.1 Å². The fraction of sp³-hybridized carbons (Fsp3) is 0.531. The van der Waals surface area contributed by atoms with E-state index in [2.05, 4.69) is 10.6 Å². The van der Waals surface area contributed by atoms with Crippen molar-refractivity contribution in [3.63, 3.8) is 0 Å². The second-order valence-electron chi connectivity index (χ2n) is 12.1. The van der Waals surface area contributed by atoms with E-state index in [-0.39, 0.29) is 23.8 Å². The normalized spacial score (nSPS) is 15.2. The quantitative estimate of drug-likeness (QED) is 0.392. The fourth-order valence-corrected chi connectivity index (χ4v) is 5.04. The van der Waals surface area contributed by atoms with Crippen LogP contribution in [-0.4, -0.2) is 40.5 Å².